The minimum absolute atomic E-state index is 0.0264. The molecule has 0 aromatic heterocycles. The third-order valence-corrected chi connectivity index (χ3v) is 10.1. The number of nitrogens with one attached hydrogen (secondary N) is 2. The van der Waals surface area contributed by atoms with Crippen molar-refractivity contribution in [1.29, 1.82) is 0 Å². The fraction of sp³-hybridized carbons (Fsp3) is 0.513. The molecule has 2 heterocycles. The smallest absolute Gasteiger partial charge is 0.408 e. The number of esters is 1. The number of aliphatic imine (C=N–C) groups is 1. The van der Waals surface area contributed by atoms with Crippen molar-refractivity contribution in [1.82, 2.24) is 19.4 Å². The molecule has 1 saturated heterocycles. The zero-order valence-electron chi connectivity index (χ0n) is 32.6. The van der Waals surface area contributed by atoms with E-state index in [4.69, 9.17) is 14.2 Å². The molecule has 0 radical (unpaired) electrons. The summed E-state index contributed by atoms with van der Waals surface area (Å²) in [7, 11) is -2.83. The van der Waals surface area contributed by atoms with Gasteiger partial charge >= 0.3 is 12.1 Å². The second-order valence-corrected chi connectivity index (χ2v) is 17.1. The molecule has 2 aliphatic heterocycles. The minimum atomic E-state index is -4.16. The van der Waals surface area contributed by atoms with E-state index in [0.717, 1.165) is 4.31 Å². The summed E-state index contributed by atoms with van der Waals surface area (Å²) < 4.78 is 44.5. The van der Waals surface area contributed by atoms with Gasteiger partial charge < -0.3 is 29.7 Å². The molecule has 55 heavy (non-hydrogen) atoms. The summed E-state index contributed by atoms with van der Waals surface area (Å²) in [5.41, 5.74) is 0.685. The Hall–Kier alpha value is -4.82. The summed E-state index contributed by atoms with van der Waals surface area (Å²) in [5, 5.41) is 5.41. The van der Waals surface area contributed by atoms with Crippen LogP contribution in [0.5, 0.6) is 0 Å². The van der Waals surface area contributed by atoms with Crippen LogP contribution in [0.3, 0.4) is 0 Å². The van der Waals surface area contributed by atoms with Gasteiger partial charge in [0.2, 0.25) is 21.8 Å². The fourth-order valence-electron chi connectivity index (χ4n) is 5.68. The molecule has 2 aromatic rings. The number of alkyl carbamates (subject to hydrolysis) is 1. The number of rotatable bonds is 13. The minimum Gasteiger partial charge on any atom is -0.460 e. The van der Waals surface area contributed by atoms with Gasteiger partial charge in [0.15, 0.2) is 0 Å². The molecule has 16 heteroatoms. The number of hydrogen-bond donors (Lipinski definition) is 2. The van der Waals surface area contributed by atoms with Gasteiger partial charge in [-0.2, -0.15) is 4.31 Å². The fourth-order valence-corrected chi connectivity index (χ4v) is 6.84. The van der Waals surface area contributed by atoms with Crippen LogP contribution in [0.2, 0.25) is 0 Å². The van der Waals surface area contributed by atoms with E-state index in [1.165, 1.54) is 36.4 Å². The van der Waals surface area contributed by atoms with Crippen molar-refractivity contribution in [3.05, 3.63) is 53.6 Å². The lowest BCUT2D eigenvalue weighted by Crippen LogP contribution is -2.46. The number of fused-ring (bicyclic) bond motifs is 1. The molecule has 298 valence electrons. The van der Waals surface area contributed by atoms with E-state index in [-0.39, 0.29) is 36.0 Å². The molecule has 0 bridgehead atoms. The van der Waals surface area contributed by atoms with Crippen LogP contribution in [0.15, 0.2) is 52.4 Å². The van der Waals surface area contributed by atoms with Crippen molar-refractivity contribution in [2.24, 2.45) is 4.99 Å². The Labute approximate surface area is 323 Å². The monoisotopic (exact) mass is 780 g/mol. The normalized spacial score (nSPS) is 16.2. The molecule has 3 amide bonds. The van der Waals surface area contributed by atoms with Crippen LogP contribution in [-0.4, -0.2) is 130 Å². The third-order valence-electron chi connectivity index (χ3n) is 8.31. The quantitative estimate of drug-likeness (QED) is 0.174. The Bertz CT molecular complexity index is 1920. The number of hydrogen-bond acceptors (Lipinski definition) is 11. The summed E-state index contributed by atoms with van der Waals surface area (Å²) in [6.07, 6.45) is 0.799. The highest BCUT2D eigenvalue weighted by molar-refractivity contribution is 7.89. The molecule has 1 atom stereocenters. The van der Waals surface area contributed by atoms with Crippen LogP contribution in [0.25, 0.3) is 0 Å². The molecule has 15 nitrogen and oxygen atoms in total. The van der Waals surface area contributed by atoms with E-state index >= 15 is 0 Å². The number of carbonyl (C=O) groups excluding carboxylic acids is 4. The van der Waals surface area contributed by atoms with E-state index in [1.54, 1.807) is 65.8 Å². The highest BCUT2D eigenvalue weighted by Crippen LogP contribution is 2.34. The zero-order chi connectivity index (χ0) is 40.4. The van der Waals surface area contributed by atoms with Gasteiger partial charge in [0.1, 0.15) is 17.1 Å². The summed E-state index contributed by atoms with van der Waals surface area (Å²) in [6.45, 7) is 13.7. The van der Waals surface area contributed by atoms with E-state index in [0.29, 0.717) is 56.2 Å². The average Bonchev–Trinajstić information content (AvgIpc) is 3.43. The van der Waals surface area contributed by atoms with Crippen LogP contribution in [0.4, 0.5) is 16.2 Å². The summed E-state index contributed by atoms with van der Waals surface area (Å²) in [6, 6.07) is 11.2. The highest BCUT2D eigenvalue weighted by Gasteiger charge is 2.32. The van der Waals surface area contributed by atoms with E-state index in [2.05, 4.69) is 32.4 Å². The number of sulfonamides is 1. The lowest BCUT2D eigenvalue weighted by atomic mass is 9.96. The number of morpholine rings is 1. The van der Waals surface area contributed by atoms with Gasteiger partial charge in [0.25, 0.3) is 0 Å². The maximum atomic E-state index is 13.7. The summed E-state index contributed by atoms with van der Waals surface area (Å²) in [4.78, 5) is 59.1. The first-order valence-electron chi connectivity index (χ1n) is 18.1. The Morgan fingerprint density at radius 1 is 1.04 bits per heavy atom. The van der Waals surface area contributed by atoms with Crippen molar-refractivity contribution in [3.63, 3.8) is 0 Å². The lowest BCUT2D eigenvalue weighted by Gasteiger charge is -2.31. The molecule has 4 rings (SSSR count). The first kappa shape index (κ1) is 42.9. The predicted molar refractivity (Wildman–Crippen MR) is 208 cm³/mol. The van der Waals surface area contributed by atoms with Gasteiger partial charge in [-0.15, -0.1) is 0 Å². The van der Waals surface area contributed by atoms with E-state index in [1.807, 2.05) is 0 Å². The first-order valence-corrected chi connectivity index (χ1v) is 19.6. The molecule has 0 aliphatic carbocycles. The zero-order valence-corrected chi connectivity index (χ0v) is 33.5. The van der Waals surface area contributed by atoms with Gasteiger partial charge in [-0.1, -0.05) is 24.0 Å². The van der Waals surface area contributed by atoms with E-state index < -0.39 is 51.7 Å². The number of ether oxygens (including phenoxy) is 3. The maximum absolute atomic E-state index is 13.7. The van der Waals surface area contributed by atoms with Crippen LogP contribution < -0.4 is 10.6 Å². The van der Waals surface area contributed by atoms with Gasteiger partial charge in [-0.05, 0) is 71.9 Å². The van der Waals surface area contributed by atoms with Gasteiger partial charge in [-0.25, -0.2) is 13.2 Å². The average molecular weight is 781 g/mol. The number of anilines is 1. The van der Waals surface area contributed by atoms with Crippen molar-refractivity contribution < 1.29 is 41.8 Å². The molecule has 2 N–H and O–H groups in total. The standard InChI is InChI=1S/C39H52N6O9S/c1-38(2,3)53-34(47)16-18-45(20-19-44-21-23-52-24-22-44)33(46)27-43(7)55(50,51)30-14-9-13-29(25-30)41-26-31-35-28(11-8-15-32(35)42-36(31)48)12-10-17-40-37(49)54-39(4,5)6/h8-9,11,13-15,25-26,31H,16-24,27H2,1-7H3,(H,40,49)(H,42,48). The largest absolute Gasteiger partial charge is 0.460 e. The summed E-state index contributed by atoms with van der Waals surface area (Å²) >= 11 is 0. The van der Waals surface area contributed by atoms with Gasteiger partial charge in [0.05, 0.1) is 43.3 Å². The second kappa shape index (κ2) is 18.7. The third kappa shape index (κ3) is 13.2. The lowest BCUT2D eigenvalue weighted by molar-refractivity contribution is -0.155. The van der Waals surface area contributed by atoms with E-state index in [9.17, 15) is 27.6 Å². The number of likely N-dealkylation sites (N-methyl/N-ethyl adjacent to an activating group) is 1. The van der Waals surface area contributed by atoms with Gasteiger partial charge in [-0.3, -0.25) is 24.3 Å². The molecular formula is C39H52N6O9S. The molecular weight excluding hydrogens is 729 g/mol. The first-order chi connectivity index (χ1) is 25.8. The molecule has 2 aliphatic rings. The molecule has 0 spiro atoms. The molecule has 1 unspecified atom stereocenters. The maximum Gasteiger partial charge on any atom is 0.408 e. The van der Waals surface area contributed by atoms with Crippen LogP contribution >= 0.6 is 0 Å². The SMILES string of the molecule is CN(CC(=O)N(CCC(=O)OC(C)(C)C)CCN1CCOCC1)S(=O)(=O)c1cccc(N=CC2C(=O)Nc3cccc(C#CCNC(=O)OC(C)(C)C)c32)c1. The predicted octanol–water partition coefficient (Wildman–Crippen LogP) is 3.51. The Morgan fingerprint density at radius 2 is 1.73 bits per heavy atom. The number of carbonyl (C=O) groups is 4. The second-order valence-electron chi connectivity index (χ2n) is 15.1. The topological polar surface area (TPSA) is 176 Å². The number of benzene rings is 2. The van der Waals surface area contributed by atoms with Crippen LogP contribution in [0.1, 0.15) is 65.0 Å². The van der Waals surface area contributed by atoms with Gasteiger partial charge in [0, 0.05) is 62.8 Å². The van der Waals surface area contributed by atoms with Crippen molar-refractivity contribution >= 4 is 51.5 Å². The summed E-state index contributed by atoms with van der Waals surface area (Å²) in [5.74, 6) is 3.83. The number of amides is 3. The molecule has 1 fully saturated rings. The Kier molecular flexibility index (Phi) is 14.6. The number of nitrogens with zero attached hydrogens (tertiary/aromatic N) is 4. The van der Waals surface area contributed by atoms with Crippen LogP contribution in [-0.2, 0) is 38.6 Å². The Morgan fingerprint density at radius 3 is 2.42 bits per heavy atom. The Balaban J connectivity index is 1.45. The molecule has 0 saturated carbocycles. The van der Waals surface area contributed by atoms with Crippen LogP contribution in [0, 0.1) is 11.8 Å². The van der Waals surface area contributed by atoms with Crippen molar-refractivity contribution in [2.45, 2.75) is 70.0 Å². The van der Waals surface area contributed by atoms with Crippen molar-refractivity contribution in [2.75, 3.05) is 71.4 Å². The van der Waals surface area contributed by atoms with Crippen molar-refractivity contribution in [3.8, 4) is 11.8 Å². The molecule has 2 aromatic carbocycles. The highest BCUT2D eigenvalue weighted by atomic mass is 32.2.